The molecule has 0 aliphatic rings. The van der Waals surface area contributed by atoms with E-state index in [9.17, 15) is 9.59 Å². The van der Waals surface area contributed by atoms with Crippen molar-refractivity contribution >= 4 is 17.9 Å². The van der Waals surface area contributed by atoms with Gasteiger partial charge in [-0.15, -0.1) is 0 Å². The summed E-state index contributed by atoms with van der Waals surface area (Å²) >= 11 is 0. The highest BCUT2D eigenvalue weighted by Gasteiger charge is 2.01. The van der Waals surface area contributed by atoms with Gasteiger partial charge in [0.15, 0.2) is 0 Å². The molecule has 0 saturated carbocycles. The Morgan fingerprint density at radius 3 is 2.44 bits per heavy atom. The normalized spacial score (nSPS) is 9.96. The lowest BCUT2D eigenvalue weighted by Gasteiger charge is -1.98. The summed E-state index contributed by atoms with van der Waals surface area (Å²) in [6, 6.07) is 16.1. The van der Waals surface area contributed by atoms with Gasteiger partial charge >= 0.3 is 0 Å². The third-order valence-corrected chi connectivity index (χ3v) is 3.26. The fourth-order valence-electron chi connectivity index (χ4n) is 1.98. The molecule has 0 aromatic heterocycles. The minimum atomic E-state index is -0.564. The van der Waals surface area contributed by atoms with Crippen LogP contribution in [0.2, 0.25) is 0 Å². The average Bonchev–Trinajstić information content (AvgIpc) is 2.67. The molecule has 126 valence electrons. The van der Waals surface area contributed by atoms with Crippen molar-refractivity contribution in [2.24, 2.45) is 0 Å². The third-order valence-electron chi connectivity index (χ3n) is 3.26. The molecule has 0 spiro atoms. The molecule has 2 rings (SSSR count). The number of carbonyl (C=O) groups excluding carboxylic acids is 2. The van der Waals surface area contributed by atoms with E-state index in [-0.39, 0.29) is 5.91 Å². The second-order valence-electron chi connectivity index (χ2n) is 5.11. The molecule has 0 bridgehead atoms. The standard InChI is InChI=1S/C20H18N2O3/c23-19(14-11-16-6-2-1-3-7-16)21-15-5-4-8-17-9-12-18(13-10-17)20(24)22-25/h1-3,6-7,9-14,25H,5,15H2,(H,21,23)(H,22,24). The van der Waals surface area contributed by atoms with Gasteiger partial charge in [0.1, 0.15) is 0 Å². The van der Waals surface area contributed by atoms with E-state index in [2.05, 4.69) is 17.2 Å². The summed E-state index contributed by atoms with van der Waals surface area (Å²) in [4.78, 5) is 22.9. The molecule has 2 amide bonds. The molecule has 0 atom stereocenters. The predicted octanol–water partition coefficient (Wildman–Crippen LogP) is 2.38. The van der Waals surface area contributed by atoms with Crippen LogP contribution < -0.4 is 10.8 Å². The number of carbonyl (C=O) groups is 2. The fourth-order valence-corrected chi connectivity index (χ4v) is 1.98. The molecule has 2 aromatic rings. The van der Waals surface area contributed by atoms with E-state index in [0.717, 1.165) is 11.1 Å². The Balaban J connectivity index is 1.74. The Labute approximate surface area is 146 Å². The zero-order chi connectivity index (χ0) is 17.9. The van der Waals surface area contributed by atoms with Crippen LogP contribution in [0.15, 0.2) is 60.7 Å². The Kier molecular flexibility index (Phi) is 6.98. The van der Waals surface area contributed by atoms with E-state index in [0.29, 0.717) is 18.5 Å². The first-order valence-electron chi connectivity index (χ1n) is 7.73. The van der Waals surface area contributed by atoms with Crippen molar-refractivity contribution in [3.63, 3.8) is 0 Å². The zero-order valence-corrected chi connectivity index (χ0v) is 13.5. The largest absolute Gasteiger partial charge is 0.352 e. The van der Waals surface area contributed by atoms with Crippen LogP contribution in [0.4, 0.5) is 0 Å². The monoisotopic (exact) mass is 334 g/mol. The van der Waals surface area contributed by atoms with E-state index >= 15 is 0 Å². The molecule has 25 heavy (non-hydrogen) atoms. The summed E-state index contributed by atoms with van der Waals surface area (Å²) in [7, 11) is 0. The van der Waals surface area contributed by atoms with Gasteiger partial charge in [0, 0.05) is 30.2 Å². The molecule has 0 heterocycles. The van der Waals surface area contributed by atoms with Crippen LogP contribution >= 0.6 is 0 Å². The van der Waals surface area contributed by atoms with Gasteiger partial charge in [-0.3, -0.25) is 14.8 Å². The maximum Gasteiger partial charge on any atom is 0.274 e. The SMILES string of the molecule is O=C(C=Cc1ccccc1)NCCC#Cc1ccc(C(=O)NO)cc1. The lowest BCUT2D eigenvalue weighted by atomic mass is 10.1. The summed E-state index contributed by atoms with van der Waals surface area (Å²) in [6.07, 6.45) is 3.77. The second kappa shape index (κ2) is 9.71. The molecular formula is C20H18N2O3. The Hall–Kier alpha value is -3.36. The Bertz CT molecular complexity index is 800. The van der Waals surface area contributed by atoms with Gasteiger partial charge in [-0.2, -0.15) is 0 Å². The van der Waals surface area contributed by atoms with Gasteiger partial charge in [-0.05, 0) is 35.9 Å². The second-order valence-corrected chi connectivity index (χ2v) is 5.11. The summed E-state index contributed by atoms with van der Waals surface area (Å²) in [6.45, 7) is 0.454. The fraction of sp³-hybridized carbons (Fsp3) is 0.100. The summed E-state index contributed by atoms with van der Waals surface area (Å²) < 4.78 is 0. The van der Waals surface area contributed by atoms with E-state index in [1.54, 1.807) is 35.8 Å². The zero-order valence-electron chi connectivity index (χ0n) is 13.5. The van der Waals surface area contributed by atoms with Crippen molar-refractivity contribution in [3.8, 4) is 11.8 Å². The molecule has 0 fully saturated rings. The number of rotatable bonds is 5. The van der Waals surface area contributed by atoms with Crippen molar-refractivity contribution < 1.29 is 14.8 Å². The number of hydroxylamine groups is 1. The van der Waals surface area contributed by atoms with Crippen LogP contribution in [0.5, 0.6) is 0 Å². The third kappa shape index (κ3) is 6.34. The lowest BCUT2D eigenvalue weighted by molar-refractivity contribution is -0.116. The maximum atomic E-state index is 11.7. The highest BCUT2D eigenvalue weighted by atomic mass is 16.5. The molecule has 0 aliphatic carbocycles. The molecule has 0 saturated heterocycles. The van der Waals surface area contributed by atoms with E-state index in [1.807, 2.05) is 30.3 Å². The summed E-state index contributed by atoms with van der Waals surface area (Å²) in [5.74, 6) is 5.18. The summed E-state index contributed by atoms with van der Waals surface area (Å²) in [5.41, 5.74) is 3.65. The number of hydrogen-bond acceptors (Lipinski definition) is 3. The van der Waals surface area contributed by atoms with E-state index < -0.39 is 5.91 Å². The van der Waals surface area contributed by atoms with Crippen molar-refractivity contribution in [2.75, 3.05) is 6.54 Å². The van der Waals surface area contributed by atoms with Gasteiger partial charge in [-0.25, -0.2) is 5.48 Å². The highest BCUT2D eigenvalue weighted by molar-refractivity contribution is 5.93. The number of amides is 2. The van der Waals surface area contributed by atoms with Crippen LogP contribution in [-0.4, -0.2) is 23.6 Å². The topological polar surface area (TPSA) is 78.4 Å². The van der Waals surface area contributed by atoms with Gasteiger partial charge in [0.25, 0.3) is 5.91 Å². The van der Waals surface area contributed by atoms with Gasteiger partial charge in [-0.1, -0.05) is 42.2 Å². The van der Waals surface area contributed by atoms with Crippen molar-refractivity contribution in [2.45, 2.75) is 6.42 Å². The molecule has 5 heteroatoms. The molecule has 0 aliphatic heterocycles. The van der Waals surface area contributed by atoms with Crippen molar-refractivity contribution in [3.05, 3.63) is 77.4 Å². The quantitative estimate of drug-likeness (QED) is 0.258. The van der Waals surface area contributed by atoms with Crippen LogP contribution in [0.1, 0.15) is 27.9 Å². The van der Waals surface area contributed by atoms with Gasteiger partial charge in [0.2, 0.25) is 5.91 Å². The molecule has 3 N–H and O–H groups in total. The summed E-state index contributed by atoms with van der Waals surface area (Å²) in [5, 5.41) is 11.3. The molecule has 0 radical (unpaired) electrons. The first kappa shape index (κ1) is 18.0. The number of nitrogens with one attached hydrogen (secondary N) is 2. The van der Waals surface area contributed by atoms with Crippen LogP contribution in [0.3, 0.4) is 0 Å². The number of hydrogen-bond donors (Lipinski definition) is 3. The first-order chi connectivity index (χ1) is 12.2. The Morgan fingerprint density at radius 2 is 1.76 bits per heavy atom. The Morgan fingerprint density at radius 1 is 1.04 bits per heavy atom. The minimum Gasteiger partial charge on any atom is -0.352 e. The van der Waals surface area contributed by atoms with Crippen molar-refractivity contribution in [1.29, 1.82) is 0 Å². The first-order valence-corrected chi connectivity index (χ1v) is 7.73. The molecule has 2 aromatic carbocycles. The van der Waals surface area contributed by atoms with E-state index in [4.69, 9.17) is 5.21 Å². The van der Waals surface area contributed by atoms with Crippen LogP contribution in [0.25, 0.3) is 6.08 Å². The van der Waals surface area contributed by atoms with E-state index in [1.165, 1.54) is 6.08 Å². The average molecular weight is 334 g/mol. The lowest BCUT2D eigenvalue weighted by Crippen LogP contribution is -2.21. The predicted molar refractivity (Wildman–Crippen MR) is 95.7 cm³/mol. The van der Waals surface area contributed by atoms with Crippen molar-refractivity contribution in [1.82, 2.24) is 10.8 Å². The highest BCUT2D eigenvalue weighted by Crippen LogP contribution is 2.03. The smallest absolute Gasteiger partial charge is 0.274 e. The molecule has 0 unspecified atom stereocenters. The molecule has 5 nitrogen and oxygen atoms in total. The maximum absolute atomic E-state index is 11.7. The van der Waals surface area contributed by atoms with Crippen LogP contribution in [-0.2, 0) is 4.79 Å². The van der Waals surface area contributed by atoms with Gasteiger partial charge in [0.05, 0.1) is 0 Å². The van der Waals surface area contributed by atoms with Gasteiger partial charge < -0.3 is 5.32 Å². The van der Waals surface area contributed by atoms with Crippen LogP contribution in [0, 0.1) is 11.8 Å². The number of benzene rings is 2. The minimum absolute atomic E-state index is 0.162. The molecular weight excluding hydrogens is 316 g/mol.